The predicted molar refractivity (Wildman–Crippen MR) is 72.9 cm³/mol. The number of carbonyl (C=O) groups is 1. The zero-order valence-corrected chi connectivity index (χ0v) is 11.4. The molecule has 1 aliphatic rings. The Morgan fingerprint density at radius 2 is 2.05 bits per heavy atom. The molecule has 1 unspecified atom stereocenters. The highest BCUT2D eigenvalue weighted by Gasteiger charge is 2.21. The van der Waals surface area contributed by atoms with Gasteiger partial charge in [-0.3, -0.25) is 0 Å². The monoisotopic (exact) mass is 272 g/mol. The van der Waals surface area contributed by atoms with Gasteiger partial charge in [0.1, 0.15) is 0 Å². The van der Waals surface area contributed by atoms with Gasteiger partial charge >= 0.3 is 6.03 Å². The second-order valence-electron chi connectivity index (χ2n) is 5.06. The lowest BCUT2D eigenvalue weighted by Gasteiger charge is -2.08. The molecule has 1 aliphatic heterocycles. The number of urea groups is 1. The van der Waals surface area contributed by atoms with Gasteiger partial charge in [-0.1, -0.05) is 24.3 Å². The average molecular weight is 272 g/mol. The van der Waals surface area contributed by atoms with Gasteiger partial charge in [0.05, 0.1) is 12.1 Å². The molecule has 0 radical (unpaired) electrons. The summed E-state index contributed by atoms with van der Waals surface area (Å²) in [5, 5.41) is 18.0. The maximum atomic E-state index is 11.1. The molecule has 2 heterocycles. The van der Waals surface area contributed by atoms with E-state index in [-0.39, 0.29) is 18.1 Å². The van der Waals surface area contributed by atoms with Crippen LogP contribution in [0.3, 0.4) is 0 Å². The summed E-state index contributed by atoms with van der Waals surface area (Å²) in [6.45, 7) is 4.62. The van der Waals surface area contributed by atoms with E-state index in [4.69, 9.17) is 0 Å². The predicted octanol–water partition coefficient (Wildman–Crippen LogP) is 1.27. The standard InChI is InChI=1S/C13H16N6O/c1-8(2)19-17-12(16-18-19)10-5-3-9(4-6-10)11-7-14-13(20)15-11/h3-6,8,11H,7H2,1-2H3,(H2,14,15,20). The van der Waals surface area contributed by atoms with E-state index >= 15 is 0 Å². The zero-order chi connectivity index (χ0) is 14.1. The van der Waals surface area contributed by atoms with Gasteiger partial charge in [-0.2, -0.15) is 4.80 Å². The number of nitrogens with zero attached hydrogens (tertiary/aromatic N) is 4. The third-order valence-electron chi connectivity index (χ3n) is 3.23. The van der Waals surface area contributed by atoms with Gasteiger partial charge in [0, 0.05) is 12.1 Å². The van der Waals surface area contributed by atoms with Gasteiger partial charge in [0.25, 0.3) is 0 Å². The Morgan fingerprint density at radius 1 is 1.30 bits per heavy atom. The summed E-state index contributed by atoms with van der Waals surface area (Å²) in [5.41, 5.74) is 1.97. The summed E-state index contributed by atoms with van der Waals surface area (Å²) < 4.78 is 0. The van der Waals surface area contributed by atoms with Crippen molar-refractivity contribution in [2.45, 2.75) is 25.9 Å². The van der Waals surface area contributed by atoms with Gasteiger partial charge in [0.15, 0.2) is 0 Å². The van der Waals surface area contributed by atoms with Crippen LogP contribution >= 0.6 is 0 Å². The molecule has 20 heavy (non-hydrogen) atoms. The molecule has 3 rings (SSSR count). The molecule has 1 aromatic carbocycles. The molecule has 2 aromatic rings. The first-order valence-corrected chi connectivity index (χ1v) is 6.57. The second kappa shape index (κ2) is 4.92. The summed E-state index contributed by atoms with van der Waals surface area (Å²) in [5.74, 6) is 0.610. The van der Waals surface area contributed by atoms with Gasteiger partial charge in [-0.05, 0) is 24.6 Å². The SMILES string of the molecule is CC(C)n1nnc(-c2ccc(C3CNC(=O)N3)cc2)n1. The Labute approximate surface area is 116 Å². The molecule has 1 atom stereocenters. The van der Waals surface area contributed by atoms with Crippen LogP contribution < -0.4 is 10.6 Å². The number of carbonyl (C=O) groups excluding carboxylic acids is 1. The molecule has 2 amide bonds. The first-order chi connectivity index (χ1) is 9.63. The highest BCUT2D eigenvalue weighted by molar-refractivity contribution is 5.77. The minimum absolute atomic E-state index is 0.0239. The van der Waals surface area contributed by atoms with Crippen LogP contribution in [-0.4, -0.2) is 32.8 Å². The molecule has 0 spiro atoms. The van der Waals surface area contributed by atoms with Crippen LogP contribution in [0, 0.1) is 0 Å². The Hall–Kier alpha value is -2.44. The third-order valence-corrected chi connectivity index (χ3v) is 3.23. The minimum atomic E-state index is -0.124. The van der Waals surface area contributed by atoms with E-state index in [0.29, 0.717) is 12.4 Å². The van der Waals surface area contributed by atoms with E-state index in [1.54, 1.807) is 4.80 Å². The molecule has 104 valence electrons. The van der Waals surface area contributed by atoms with Gasteiger partial charge < -0.3 is 10.6 Å². The fraction of sp³-hybridized carbons (Fsp3) is 0.385. The van der Waals surface area contributed by atoms with Crippen molar-refractivity contribution in [2.24, 2.45) is 0 Å². The van der Waals surface area contributed by atoms with Gasteiger partial charge in [-0.25, -0.2) is 4.79 Å². The summed E-state index contributed by atoms with van der Waals surface area (Å²) in [7, 11) is 0. The Kier molecular flexibility index (Phi) is 3.09. The summed E-state index contributed by atoms with van der Waals surface area (Å²) in [6.07, 6.45) is 0. The molecule has 2 N–H and O–H groups in total. The lowest BCUT2D eigenvalue weighted by atomic mass is 10.1. The fourth-order valence-electron chi connectivity index (χ4n) is 2.08. The molecule has 1 saturated heterocycles. The van der Waals surface area contributed by atoms with E-state index in [2.05, 4.69) is 26.0 Å². The number of nitrogens with one attached hydrogen (secondary N) is 2. The Bertz CT molecular complexity index is 618. The molecule has 0 saturated carbocycles. The van der Waals surface area contributed by atoms with Crippen molar-refractivity contribution >= 4 is 6.03 Å². The van der Waals surface area contributed by atoms with Crippen molar-refractivity contribution in [2.75, 3.05) is 6.54 Å². The highest BCUT2D eigenvalue weighted by Crippen LogP contribution is 2.20. The first kappa shape index (κ1) is 12.6. The molecular formula is C13H16N6O. The molecule has 1 aromatic heterocycles. The van der Waals surface area contributed by atoms with Crippen molar-refractivity contribution in [3.05, 3.63) is 29.8 Å². The van der Waals surface area contributed by atoms with E-state index in [1.165, 1.54) is 0 Å². The summed E-state index contributed by atoms with van der Waals surface area (Å²) in [4.78, 5) is 12.7. The van der Waals surface area contributed by atoms with E-state index in [1.807, 2.05) is 38.1 Å². The average Bonchev–Trinajstić information content (AvgIpc) is 3.08. The largest absolute Gasteiger partial charge is 0.336 e. The lowest BCUT2D eigenvalue weighted by Crippen LogP contribution is -2.21. The van der Waals surface area contributed by atoms with Crippen molar-refractivity contribution in [3.8, 4) is 11.4 Å². The van der Waals surface area contributed by atoms with Gasteiger partial charge in [0.2, 0.25) is 5.82 Å². The normalized spacial score (nSPS) is 18.1. The number of rotatable bonds is 3. The number of hydrogen-bond donors (Lipinski definition) is 2. The quantitative estimate of drug-likeness (QED) is 0.881. The van der Waals surface area contributed by atoms with E-state index in [0.717, 1.165) is 11.1 Å². The van der Waals surface area contributed by atoms with Crippen molar-refractivity contribution in [1.82, 2.24) is 30.8 Å². The van der Waals surface area contributed by atoms with Crippen LogP contribution in [0.2, 0.25) is 0 Å². The summed E-state index contributed by atoms with van der Waals surface area (Å²) >= 11 is 0. The number of tetrazole rings is 1. The number of aromatic nitrogens is 4. The maximum Gasteiger partial charge on any atom is 0.315 e. The summed E-state index contributed by atoms with van der Waals surface area (Å²) in [6, 6.07) is 7.93. The van der Waals surface area contributed by atoms with Crippen molar-refractivity contribution < 1.29 is 4.79 Å². The first-order valence-electron chi connectivity index (χ1n) is 6.57. The number of amides is 2. The lowest BCUT2D eigenvalue weighted by molar-refractivity contribution is 0.247. The zero-order valence-electron chi connectivity index (χ0n) is 11.4. The minimum Gasteiger partial charge on any atom is -0.336 e. The van der Waals surface area contributed by atoms with Crippen LogP contribution in [0.15, 0.2) is 24.3 Å². The molecule has 0 aliphatic carbocycles. The topological polar surface area (TPSA) is 84.7 Å². The van der Waals surface area contributed by atoms with Crippen LogP contribution in [0.5, 0.6) is 0 Å². The van der Waals surface area contributed by atoms with Crippen molar-refractivity contribution in [1.29, 1.82) is 0 Å². The van der Waals surface area contributed by atoms with Crippen LogP contribution in [0.4, 0.5) is 4.79 Å². The van der Waals surface area contributed by atoms with Crippen LogP contribution in [-0.2, 0) is 0 Å². The highest BCUT2D eigenvalue weighted by atomic mass is 16.2. The number of benzene rings is 1. The maximum absolute atomic E-state index is 11.1. The molecule has 1 fully saturated rings. The van der Waals surface area contributed by atoms with Gasteiger partial charge in [-0.15, -0.1) is 10.2 Å². The van der Waals surface area contributed by atoms with Crippen LogP contribution in [0.1, 0.15) is 31.5 Å². The second-order valence-corrected chi connectivity index (χ2v) is 5.06. The smallest absolute Gasteiger partial charge is 0.315 e. The number of hydrogen-bond acceptors (Lipinski definition) is 4. The van der Waals surface area contributed by atoms with Crippen LogP contribution in [0.25, 0.3) is 11.4 Å². The third kappa shape index (κ3) is 2.34. The molecule has 0 bridgehead atoms. The molecule has 7 heteroatoms. The van der Waals surface area contributed by atoms with Crippen molar-refractivity contribution in [3.63, 3.8) is 0 Å². The fourth-order valence-corrected chi connectivity index (χ4v) is 2.08. The Morgan fingerprint density at radius 3 is 2.60 bits per heavy atom. The molecule has 7 nitrogen and oxygen atoms in total. The van der Waals surface area contributed by atoms with E-state index < -0.39 is 0 Å². The molecular weight excluding hydrogens is 256 g/mol. The Balaban J connectivity index is 1.80. The van der Waals surface area contributed by atoms with E-state index in [9.17, 15) is 4.79 Å².